The minimum Gasteiger partial charge on any atom is -0.486 e. The van der Waals surface area contributed by atoms with Gasteiger partial charge in [0.25, 0.3) is 0 Å². The molecule has 1 aromatic heterocycles. The van der Waals surface area contributed by atoms with Gasteiger partial charge in [-0.2, -0.15) is 11.3 Å². The van der Waals surface area contributed by atoms with Crippen molar-refractivity contribution in [3.05, 3.63) is 44.6 Å². The van der Waals surface area contributed by atoms with Gasteiger partial charge in [0, 0.05) is 4.47 Å². The third-order valence-corrected chi connectivity index (χ3v) is 5.18. The Bertz CT molecular complexity index is 554. The van der Waals surface area contributed by atoms with E-state index in [2.05, 4.69) is 48.7 Å². The fraction of sp³-hybridized carbons (Fsp3) is 0.231. The van der Waals surface area contributed by atoms with Crippen LogP contribution in [-0.2, 0) is 0 Å². The van der Waals surface area contributed by atoms with E-state index in [9.17, 15) is 0 Å². The van der Waals surface area contributed by atoms with Gasteiger partial charge in [-0.15, -0.1) is 0 Å². The van der Waals surface area contributed by atoms with Crippen LogP contribution >= 0.6 is 43.2 Å². The third kappa shape index (κ3) is 2.31. The summed E-state index contributed by atoms with van der Waals surface area (Å²) >= 11 is 9.03. The smallest absolute Gasteiger partial charge is 0.162 e. The monoisotopic (exact) mass is 388 g/mol. The van der Waals surface area contributed by atoms with Crippen molar-refractivity contribution in [1.29, 1.82) is 0 Å². The minimum absolute atomic E-state index is 0.161. The molecule has 0 saturated heterocycles. The molecule has 2 nitrogen and oxygen atoms in total. The van der Waals surface area contributed by atoms with E-state index < -0.39 is 0 Å². The highest BCUT2D eigenvalue weighted by Crippen LogP contribution is 2.42. The van der Waals surface area contributed by atoms with Gasteiger partial charge in [-0.05, 0) is 40.1 Å². The summed E-state index contributed by atoms with van der Waals surface area (Å²) in [6.07, 6.45) is 0. The number of rotatable bonds is 2. The van der Waals surface area contributed by atoms with E-state index in [1.165, 1.54) is 5.56 Å². The number of benzene rings is 1. The van der Waals surface area contributed by atoms with Crippen molar-refractivity contribution < 1.29 is 9.47 Å². The Labute approximate surface area is 126 Å². The fourth-order valence-corrected chi connectivity index (χ4v) is 4.26. The fourth-order valence-electron chi connectivity index (χ4n) is 1.87. The molecule has 0 bridgehead atoms. The molecule has 0 amide bonds. The summed E-state index contributed by atoms with van der Waals surface area (Å²) in [7, 11) is 0. The SMILES string of the molecule is Brc1cc2c(cc1C(Br)c1ccsc1)OCCO2. The molecule has 1 aromatic carbocycles. The van der Waals surface area contributed by atoms with Crippen molar-refractivity contribution in [2.75, 3.05) is 13.2 Å². The zero-order chi connectivity index (χ0) is 12.5. The van der Waals surface area contributed by atoms with Crippen LogP contribution in [0.3, 0.4) is 0 Å². The molecule has 0 spiro atoms. The predicted molar refractivity (Wildman–Crippen MR) is 80.2 cm³/mol. The van der Waals surface area contributed by atoms with E-state index in [1.807, 2.05) is 12.1 Å². The lowest BCUT2D eigenvalue weighted by Gasteiger charge is -2.21. The lowest BCUT2D eigenvalue weighted by molar-refractivity contribution is 0.171. The molecular formula is C13H10Br2O2S. The van der Waals surface area contributed by atoms with Gasteiger partial charge < -0.3 is 9.47 Å². The van der Waals surface area contributed by atoms with Crippen LogP contribution in [0.5, 0.6) is 11.5 Å². The molecule has 0 fully saturated rings. The number of alkyl halides is 1. The normalized spacial score (nSPS) is 15.4. The first-order chi connectivity index (χ1) is 8.75. The Morgan fingerprint density at radius 1 is 1.17 bits per heavy atom. The maximum Gasteiger partial charge on any atom is 0.162 e. The van der Waals surface area contributed by atoms with Crippen LogP contribution in [0.15, 0.2) is 33.4 Å². The highest BCUT2D eigenvalue weighted by Gasteiger charge is 2.20. The van der Waals surface area contributed by atoms with E-state index in [1.54, 1.807) is 11.3 Å². The second kappa shape index (κ2) is 5.23. The maximum atomic E-state index is 5.62. The van der Waals surface area contributed by atoms with Gasteiger partial charge in [0.05, 0.1) is 4.83 Å². The summed E-state index contributed by atoms with van der Waals surface area (Å²) in [5, 5.41) is 4.22. The molecule has 0 N–H and O–H groups in total. The second-order valence-corrected chi connectivity index (χ2v) is 6.49. The van der Waals surface area contributed by atoms with E-state index in [0.717, 1.165) is 21.5 Å². The van der Waals surface area contributed by atoms with Crippen molar-refractivity contribution in [3.63, 3.8) is 0 Å². The Balaban J connectivity index is 2.01. The molecule has 18 heavy (non-hydrogen) atoms. The summed E-state index contributed by atoms with van der Waals surface area (Å²) in [4.78, 5) is 0.161. The molecule has 0 aliphatic carbocycles. The molecule has 94 valence electrons. The molecule has 2 heterocycles. The second-order valence-electron chi connectivity index (χ2n) is 3.94. The van der Waals surface area contributed by atoms with Gasteiger partial charge in [-0.3, -0.25) is 0 Å². The Kier molecular flexibility index (Phi) is 3.63. The maximum absolute atomic E-state index is 5.62. The van der Waals surface area contributed by atoms with Crippen molar-refractivity contribution in [1.82, 2.24) is 0 Å². The van der Waals surface area contributed by atoms with Gasteiger partial charge in [0.2, 0.25) is 0 Å². The average molecular weight is 390 g/mol. The number of fused-ring (bicyclic) bond motifs is 1. The number of hydrogen-bond acceptors (Lipinski definition) is 3. The van der Waals surface area contributed by atoms with E-state index in [0.29, 0.717) is 13.2 Å². The van der Waals surface area contributed by atoms with Gasteiger partial charge >= 0.3 is 0 Å². The van der Waals surface area contributed by atoms with Crippen LogP contribution in [-0.4, -0.2) is 13.2 Å². The summed E-state index contributed by atoms with van der Waals surface area (Å²) < 4.78 is 12.2. The van der Waals surface area contributed by atoms with E-state index in [-0.39, 0.29) is 4.83 Å². The molecule has 1 aliphatic heterocycles. The third-order valence-electron chi connectivity index (χ3n) is 2.77. The van der Waals surface area contributed by atoms with Crippen molar-refractivity contribution in [2.45, 2.75) is 4.83 Å². The Morgan fingerprint density at radius 2 is 1.89 bits per heavy atom. The van der Waals surface area contributed by atoms with Crippen LogP contribution in [0.4, 0.5) is 0 Å². The summed E-state index contributed by atoms with van der Waals surface area (Å²) in [6.45, 7) is 1.22. The largest absolute Gasteiger partial charge is 0.486 e. The zero-order valence-corrected chi connectivity index (χ0v) is 13.3. The average Bonchev–Trinajstić information content (AvgIpc) is 2.91. The molecule has 0 radical (unpaired) electrons. The van der Waals surface area contributed by atoms with E-state index in [4.69, 9.17) is 9.47 Å². The highest BCUT2D eigenvalue weighted by molar-refractivity contribution is 9.11. The number of thiophene rings is 1. The number of halogens is 2. The molecule has 3 rings (SSSR count). The van der Waals surface area contributed by atoms with Crippen LogP contribution in [0.25, 0.3) is 0 Å². The lowest BCUT2D eigenvalue weighted by atomic mass is 10.1. The van der Waals surface area contributed by atoms with Crippen molar-refractivity contribution >= 4 is 43.2 Å². The molecule has 0 saturated carbocycles. The minimum atomic E-state index is 0.161. The lowest BCUT2D eigenvalue weighted by Crippen LogP contribution is -2.15. The van der Waals surface area contributed by atoms with Gasteiger partial charge in [0.15, 0.2) is 11.5 Å². The molecule has 2 aromatic rings. The van der Waals surface area contributed by atoms with Gasteiger partial charge in [-0.1, -0.05) is 31.9 Å². The van der Waals surface area contributed by atoms with Gasteiger partial charge in [0.1, 0.15) is 13.2 Å². The summed E-state index contributed by atoms with van der Waals surface area (Å²) in [5.41, 5.74) is 2.40. The van der Waals surface area contributed by atoms with Crippen molar-refractivity contribution in [3.8, 4) is 11.5 Å². The highest BCUT2D eigenvalue weighted by atomic mass is 79.9. The number of ether oxygens (including phenoxy) is 2. The standard InChI is InChI=1S/C13H10Br2O2S/c14-10-6-12-11(16-2-3-17-12)5-9(10)13(15)8-1-4-18-7-8/h1,4-7,13H,2-3H2. The molecule has 1 unspecified atom stereocenters. The predicted octanol–water partition coefficient (Wildman–Crippen LogP) is 4.77. The van der Waals surface area contributed by atoms with Crippen LogP contribution in [0.2, 0.25) is 0 Å². The van der Waals surface area contributed by atoms with Crippen LogP contribution < -0.4 is 9.47 Å². The summed E-state index contributed by atoms with van der Waals surface area (Å²) in [5.74, 6) is 1.63. The van der Waals surface area contributed by atoms with Crippen LogP contribution in [0.1, 0.15) is 16.0 Å². The first-order valence-electron chi connectivity index (χ1n) is 5.51. The van der Waals surface area contributed by atoms with Gasteiger partial charge in [-0.25, -0.2) is 0 Å². The topological polar surface area (TPSA) is 18.5 Å². The summed E-state index contributed by atoms with van der Waals surface area (Å²) in [6, 6.07) is 6.13. The van der Waals surface area contributed by atoms with Crippen molar-refractivity contribution in [2.24, 2.45) is 0 Å². The first kappa shape index (κ1) is 12.5. The Hall–Kier alpha value is -0.520. The quantitative estimate of drug-likeness (QED) is 0.689. The zero-order valence-electron chi connectivity index (χ0n) is 9.36. The molecule has 1 atom stereocenters. The number of hydrogen-bond donors (Lipinski definition) is 0. The first-order valence-corrected chi connectivity index (χ1v) is 8.16. The van der Waals surface area contributed by atoms with E-state index >= 15 is 0 Å². The Morgan fingerprint density at radius 3 is 2.56 bits per heavy atom. The molecule has 1 aliphatic rings. The molecule has 5 heteroatoms. The molecular weight excluding hydrogens is 380 g/mol. The van der Waals surface area contributed by atoms with Crippen LogP contribution in [0, 0.1) is 0 Å².